The van der Waals surface area contributed by atoms with Crippen molar-refractivity contribution in [2.45, 2.75) is 18.6 Å². The lowest BCUT2D eigenvalue weighted by Gasteiger charge is -2.07. The van der Waals surface area contributed by atoms with Crippen LogP contribution in [-0.2, 0) is 6.54 Å². The maximum absolute atomic E-state index is 7.78. The monoisotopic (exact) mass is 220 g/mol. The molecule has 0 unspecified atom stereocenters. The highest BCUT2D eigenvalue weighted by atomic mass is 32.2. The normalized spacial score (nSPS) is 10.8. The summed E-state index contributed by atoms with van der Waals surface area (Å²) in [6.45, 7) is 2.76. The van der Waals surface area contributed by atoms with Gasteiger partial charge in [0.2, 0.25) is 0 Å². The first-order valence-electron chi connectivity index (χ1n) is 4.71. The average Bonchev–Trinajstić information content (AvgIpc) is 2.28. The Kier molecular flexibility index (Phi) is 2.73. The molecule has 0 bridgehead atoms. The van der Waals surface area contributed by atoms with Gasteiger partial charge in [-0.2, -0.15) is 0 Å². The number of nitrogens with zero attached hydrogens (tertiary/aromatic N) is 3. The Hall–Kier alpha value is -1.36. The third kappa shape index (κ3) is 1.74. The van der Waals surface area contributed by atoms with Crippen molar-refractivity contribution >= 4 is 22.8 Å². The summed E-state index contributed by atoms with van der Waals surface area (Å²) < 4.78 is 1.87. The van der Waals surface area contributed by atoms with Crippen molar-refractivity contribution in [2.24, 2.45) is 0 Å². The number of hydrogen-bond acceptors (Lipinski definition) is 4. The van der Waals surface area contributed by atoms with Gasteiger partial charge in [0.1, 0.15) is 11.1 Å². The standard InChI is InChI=1S/C10H12N4S/c1-3-14-8(11)5-4-7-6-12-10(15-2)13-9(7)14/h4-6,11H,3H2,1-2H3. The first-order chi connectivity index (χ1) is 7.26. The second-order valence-electron chi connectivity index (χ2n) is 3.10. The molecule has 0 atom stereocenters. The zero-order chi connectivity index (χ0) is 10.8. The van der Waals surface area contributed by atoms with Crippen LogP contribution in [-0.4, -0.2) is 20.8 Å². The van der Waals surface area contributed by atoms with E-state index >= 15 is 0 Å². The van der Waals surface area contributed by atoms with E-state index in [2.05, 4.69) is 9.97 Å². The number of rotatable bonds is 2. The number of pyridine rings is 1. The summed E-state index contributed by atoms with van der Waals surface area (Å²) in [5.74, 6) is 0. The molecule has 0 amide bonds. The predicted molar refractivity (Wildman–Crippen MR) is 60.8 cm³/mol. The van der Waals surface area contributed by atoms with Crippen molar-refractivity contribution in [1.82, 2.24) is 14.5 Å². The van der Waals surface area contributed by atoms with Crippen molar-refractivity contribution in [2.75, 3.05) is 6.26 Å². The molecule has 2 heterocycles. The van der Waals surface area contributed by atoms with Gasteiger partial charge in [0.05, 0.1) is 0 Å². The summed E-state index contributed by atoms with van der Waals surface area (Å²) in [7, 11) is 0. The van der Waals surface area contributed by atoms with Crippen molar-refractivity contribution < 1.29 is 0 Å². The summed E-state index contributed by atoms with van der Waals surface area (Å²) in [5.41, 5.74) is 1.32. The van der Waals surface area contributed by atoms with E-state index in [1.54, 1.807) is 12.3 Å². The van der Waals surface area contributed by atoms with Crippen LogP contribution in [0, 0.1) is 5.41 Å². The Bertz CT molecular complexity index is 547. The molecular formula is C10H12N4S. The molecule has 1 N–H and O–H groups in total. The number of aromatic nitrogens is 3. The lowest BCUT2D eigenvalue weighted by molar-refractivity contribution is 0.717. The maximum atomic E-state index is 7.78. The SMILES string of the molecule is CCn1c(=N)ccc2cnc(SC)nc21. The van der Waals surface area contributed by atoms with Gasteiger partial charge in [0, 0.05) is 18.1 Å². The molecule has 5 heteroatoms. The van der Waals surface area contributed by atoms with Crippen LogP contribution in [0.1, 0.15) is 6.92 Å². The molecule has 2 aromatic rings. The number of nitrogens with one attached hydrogen (secondary N) is 1. The molecule has 0 aliphatic carbocycles. The van der Waals surface area contributed by atoms with Crippen molar-refractivity contribution in [1.29, 1.82) is 5.41 Å². The molecule has 0 aromatic carbocycles. The number of thioether (sulfide) groups is 1. The van der Waals surface area contributed by atoms with Crippen molar-refractivity contribution in [3.63, 3.8) is 0 Å². The second-order valence-corrected chi connectivity index (χ2v) is 3.87. The van der Waals surface area contributed by atoms with Gasteiger partial charge in [-0.25, -0.2) is 9.97 Å². The molecule has 0 saturated carbocycles. The largest absolute Gasteiger partial charge is 0.311 e. The van der Waals surface area contributed by atoms with E-state index in [1.165, 1.54) is 11.8 Å². The quantitative estimate of drug-likeness (QED) is 0.618. The summed E-state index contributed by atoms with van der Waals surface area (Å²) in [6, 6.07) is 3.65. The molecule has 0 fully saturated rings. The summed E-state index contributed by atoms with van der Waals surface area (Å²) in [6.07, 6.45) is 3.75. The molecule has 78 valence electrons. The van der Waals surface area contributed by atoms with E-state index in [4.69, 9.17) is 5.41 Å². The summed E-state index contributed by atoms with van der Waals surface area (Å²) in [5, 5.41) is 9.50. The van der Waals surface area contributed by atoms with E-state index in [1.807, 2.05) is 23.8 Å². The lowest BCUT2D eigenvalue weighted by Crippen LogP contribution is -2.19. The van der Waals surface area contributed by atoms with Crippen LogP contribution < -0.4 is 5.49 Å². The minimum atomic E-state index is 0.482. The average molecular weight is 220 g/mol. The van der Waals surface area contributed by atoms with Crippen molar-refractivity contribution in [3.8, 4) is 0 Å². The fourth-order valence-corrected chi connectivity index (χ4v) is 1.83. The van der Waals surface area contributed by atoms with E-state index in [0.717, 1.165) is 22.7 Å². The van der Waals surface area contributed by atoms with Gasteiger partial charge in [-0.05, 0) is 25.3 Å². The Labute approximate surface area is 91.9 Å². The van der Waals surface area contributed by atoms with Crippen LogP contribution in [0.4, 0.5) is 0 Å². The molecule has 0 saturated heterocycles. The van der Waals surface area contributed by atoms with Gasteiger partial charge >= 0.3 is 0 Å². The first kappa shape index (κ1) is 10.2. The minimum Gasteiger partial charge on any atom is -0.311 e. The summed E-state index contributed by atoms with van der Waals surface area (Å²) in [4.78, 5) is 8.63. The van der Waals surface area contributed by atoms with Crippen LogP contribution in [0.15, 0.2) is 23.5 Å². The number of hydrogen-bond donors (Lipinski definition) is 1. The molecule has 2 rings (SSSR count). The van der Waals surface area contributed by atoms with Gasteiger partial charge in [-0.3, -0.25) is 5.41 Å². The predicted octanol–water partition coefficient (Wildman–Crippen LogP) is 1.65. The topological polar surface area (TPSA) is 54.6 Å². The molecular weight excluding hydrogens is 208 g/mol. The third-order valence-electron chi connectivity index (χ3n) is 2.24. The lowest BCUT2D eigenvalue weighted by atomic mass is 10.3. The van der Waals surface area contributed by atoms with Gasteiger partial charge in [-0.15, -0.1) is 0 Å². The Morgan fingerprint density at radius 3 is 2.93 bits per heavy atom. The highest BCUT2D eigenvalue weighted by Gasteiger charge is 2.02. The fourth-order valence-electron chi connectivity index (χ4n) is 1.49. The molecule has 0 radical (unpaired) electrons. The third-order valence-corrected chi connectivity index (χ3v) is 2.80. The van der Waals surface area contributed by atoms with Gasteiger partial charge < -0.3 is 4.57 Å². The van der Waals surface area contributed by atoms with Gasteiger partial charge in [0.25, 0.3) is 0 Å². The molecule has 2 aromatic heterocycles. The van der Waals surface area contributed by atoms with Crippen LogP contribution in [0.3, 0.4) is 0 Å². The van der Waals surface area contributed by atoms with Crippen molar-refractivity contribution in [3.05, 3.63) is 23.8 Å². The molecule has 15 heavy (non-hydrogen) atoms. The zero-order valence-corrected chi connectivity index (χ0v) is 9.51. The number of aryl methyl sites for hydroxylation is 1. The Morgan fingerprint density at radius 2 is 2.27 bits per heavy atom. The zero-order valence-electron chi connectivity index (χ0n) is 8.69. The van der Waals surface area contributed by atoms with E-state index in [-0.39, 0.29) is 0 Å². The van der Waals surface area contributed by atoms with Crippen LogP contribution >= 0.6 is 11.8 Å². The molecule has 0 aliphatic heterocycles. The van der Waals surface area contributed by atoms with Crippen LogP contribution in [0.2, 0.25) is 0 Å². The highest BCUT2D eigenvalue weighted by Crippen LogP contribution is 2.13. The minimum absolute atomic E-state index is 0.482. The Morgan fingerprint density at radius 1 is 1.47 bits per heavy atom. The Balaban J connectivity index is 2.82. The molecule has 0 aliphatic rings. The van der Waals surface area contributed by atoms with E-state index in [9.17, 15) is 0 Å². The fraction of sp³-hybridized carbons (Fsp3) is 0.300. The number of fused-ring (bicyclic) bond motifs is 1. The van der Waals surface area contributed by atoms with Crippen LogP contribution in [0.25, 0.3) is 11.0 Å². The maximum Gasteiger partial charge on any atom is 0.189 e. The van der Waals surface area contributed by atoms with Crippen LogP contribution in [0.5, 0.6) is 0 Å². The highest BCUT2D eigenvalue weighted by molar-refractivity contribution is 7.98. The second kappa shape index (κ2) is 4.02. The van der Waals surface area contributed by atoms with E-state index < -0.39 is 0 Å². The smallest absolute Gasteiger partial charge is 0.189 e. The summed E-state index contributed by atoms with van der Waals surface area (Å²) >= 11 is 1.51. The molecule has 4 nitrogen and oxygen atoms in total. The van der Waals surface area contributed by atoms with E-state index in [0.29, 0.717) is 5.49 Å². The molecule has 0 spiro atoms. The van der Waals surface area contributed by atoms with Gasteiger partial charge in [0.15, 0.2) is 5.16 Å². The van der Waals surface area contributed by atoms with Gasteiger partial charge in [-0.1, -0.05) is 11.8 Å². The first-order valence-corrected chi connectivity index (χ1v) is 5.94.